The van der Waals surface area contributed by atoms with Crippen LogP contribution in [0, 0.1) is 5.92 Å². The van der Waals surface area contributed by atoms with Crippen LogP contribution >= 0.6 is 0 Å². The molecule has 0 spiro atoms. The Kier molecular flexibility index (Phi) is 6.89. The number of amides is 1. The minimum Gasteiger partial charge on any atom is -0.444 e. The van der Waals surface area contributed by atoms with Crippen LogP contribution in [-0.4, -0.2) is 59.3 Å². The Balaban J connectivity index is 1.58. The van der Waals surface area contributed by atoms with Crippen LogP contribution in [0.15, 0.2) is 35.4 Å². The van der Waals surface area contributed by atoms with E-state index in [4.69, 9.17) is 9.47 Å². The number of carbonyl (C=O) groups is 2. The quantitative estimate of drug-likeness (QED) is 0.617. The Hall–Kier alpha value is -2.59. The molecular weight excluding hydrogens is 482 g/mol. The number of fused-ring (bicyclic) bond motifs is 3. The van der Waals surface area contributed by atoms with Crippen molar-refractivity contribution in [1.82, 2.24) is 14.2 Å². The predicted octanol–water partition coefficient (Wildman–Crippen LogP) is 4.88. The first-order chi connectivity index (χ1) is 16.7. The molecule has 2 saturated heterocycles. The molecule has 2 bridgehead atoms. The Bertz CT molecular complexity index is 1240. The maximum atomic E-state index is 14.0. The van der Waals surface area contributed by atoms with Crippen LogP contribution in [0.5, 0.6) is 0 Å². The summed E-state index contributed by atoms with van der Waals surface area (Å²) in [4.78, 5) is 25.3. The van der Waals surface area contributed by atoms with E-state index in [1.54, 1.807) is 49.3 Å². The Morgan fingerprint density at radius 2 is 1.56 bits per heavy atom. The second-order valence-corrected chi connectivity index (χ2v) is 13.6. The van der Waals surface area contributed by atoms with Gasteiger partial charge in [0.05, 0.1) is 5.52 Å². The third-order valence-electron chi connectivity index (χ3n) is 6.49. The predicted molar refractivity (Wildman–Crippen MR) is 136 cm³/mol. The summed E-state index contributed by atoms with van der Waals surface area (Å²) in [6, 6.07) is 8.27. The van der Waals surface area contributed by atoms with Crippen molar-refractivity contribution in [3.63, 3.8) is 0 Å². The topological polar surface area (TPSA) is 107 Å². The van der Waals surface area contributed by atoms with Crippen molar-refractivity contribution in [1.29, 1.82) is 0 Å². The van der Waals surface area contributed by atoms with Gasteiger partial charge in [0.2, 0.25) is 0 Å². The monoisotopic (exact) mass is 519 g/mol. The molecule has 36 heavy (non-hydrogen) atoms. The standard InChI is InChI=1S/C26H37N3O6S/c1-25(2,3)34-23(30)27-16-17-13-19-11-12-20(14-17)29(19)36(32,33)22-15-18-9-7-8-10-21(18)28(22)24(31)35-26(4,5)6/h7-10,15,17,19-20H,11-14,16H2,1-6H3,(H,27,30). The summed E-state index contributed by atoms with van der Waals surface area (Å²) in [7, 11) is -3.99. The molecule has 9 nitrogen and oxygen atoms in total. The van der Waals surface area contributed by atoms with Crippen molar-refractivity contribution in [2.24, 2.45) is 5.92 Å². The molecule has 10 heteroatoms. The summed E-state index contributed by atoms with van der Waals surface area (Å²) in [5.41, 5.74) is -0.857. The van der Waals surface area contributed by atoms with Gasteiger partial charge in [-0.05, 0) is 85.3 Å². The van der Waals surface area contributed by atoms with Crippen LogP contribution in [0.1, 0.15) is 67.2 Å². The van der Waals surface area contributed by atoms with Crippen molar-refractivity contribution in [3.05, 3.63) is 30.3 Å². The van der Waals surface area contributed by atoms with Gasteiger partial charge < -0.3 is 14.8 Å². The number of hydrogen-bond acceptors (Lipinski definition) is 6. The third kappa shape index (κ3) is 5.54. The van der Waals surface area contributed by atoms with Gasteiger partial charge in [0.15, 0.2) is 5.03 Å². The molecule has 2 fully saturated rings. The van der Waals surface area contributed by atoms with Crippen molar-refractivity contribution in [2.45, 2.75) is 95.5 Å². The van der Waals surface area contributed by atoms with E-state index in [9.17, 15) is 18.0 Å². The minimum absolute atomic E-state index is 0.0693. The van der Waals surface area contributed by atoms with Gasteiger partial charge >= 0.3 is 12.2 Å². The van der Waals surface area contributed by atoms with E-state index in [1.807, 2.05) is 26.8 Å². The molecule has 0 aliphatic carbocycles. The number of nitrogens with zero attached hydrogens (tertiary/aromatic N) is 2. The highest BCUT2D eigenvalue weighted by molar-refractivity contribution is 7.89. The molecule has 2 unspecified atom stereocenters. The maximum Gasteiger partial charge on any atom is 0.420 e. The summed E-state index contributed by atoms with van der Waals surface area (Å²) >= 11 is 0. The van der Waals surface area contributed by atoms with Crippen LogP contribution in [0.25, 0.3) is 10.9 Å². The zero-order valence-electron chi connectivity index (χ0n) is 21.9. The lowest BCUT2D eigenvalue weighted by atomic mass is 9.92. The van der Waals surface area contributed by atoms with Gasteiger partial charge in [-0.15, -0.1) is 0 Å². The normalized spacial score (nSPS) is 23.0. The summed E-state index contributed by atoms with van der Waals surface area (Å²) in [6.45, 7) is 11.1. The van der Waals surface area contributed by atoms with E-state index >= 15 is 0 Å². The fourth-order valence-corrected chi connectivity index (χ4v) is 7.33. The van der Waals surface area contributed by atoms with Gasteiger partial charge in [0.25, 0.3) is 10.0 Å². The van der Waals surface area contributed by atoms with Crippen LogP contribution in [0.4, 0.5) is 9.59 Å². The van der Waals surface area contributed by atoms with Crippen LogP contribution in [0.2, 0.25) is 0 Å². The molecule has 1 aromatic heterocycles. The molecule has 0 saturated carbocycles. The first-order valence-corrected chi connectivity index (χ1v) is 13.9. The molecule has 2 aliphatic rings. The highest BCUT2D eigenvalue weighted by Gasteiger charge is 2.48. The van der Waals surface area contributed by atoms with Crippen molar-refractivity contribution in [2.75, 3.05) is 6.54 Å². The molecular formula is C26H37N3O6S. The fraction of sp³-hybridized carbons (Fsp3) is 0.615. The van der Waals surface area contributed by atoms with E-state index in [-0.39, 0.29) is 23.0 Å². The number of para-hydroxylation sites is 1. The molecule has 198 valence electrons. The highest BCUT2D eigenvalue weighted by atomic mass is 32.2. The van der Waals surface area contributed by atoms with E-state index in [0.29, 0.717) is 30.3 Å². The maximum absolute atomic E-state index is 14.0. The third-order valence-corrected chi connectivity index (χ3v) is 8.47. The largest absolute Gasteiger partial charge is 0.444 e. The molecule has 1 amide bonds. The van der Waals surface area contributed by atoms with Gasteiger partial charge in [-0.1, -0.05) is 18.2 Å². The smallest absolute Gasteiger partial charge is 0.420 e. The molecule has 0 radical (unpaired) electrons. The van der Waals surface area contributed by atoms with Gasteiger partial charge in [0, 0.05) is 24.0 Å². The Morgan fingerprint density at radius 3 is 2.14 bits per heavy atom. The zero-order valence-corrected chi connectivity index (χ0v) is 22.7. The average Bonchev–Trinajstić information content (AvgIpc) is 3.26. The van der Waals surface area contributed by atoms with E-state index in [2.05, 4.69) is 5.32 Å². The van der Waals surface area contributed by atoms with E-state index in [1.165, 1.54) is 4.57 Å². The first kappa shape index (κ1) is 26.5. The molecule has 2 aromatic rings. The molecule has 1 N–H and O–H groups in total. The summed E-state index contributed by atoms with van der Waals surface area (Å²) in [5.74, 6) is 0.151. The van der Waals surface area contributed by atoms with Crippen molar-refractivity contribution in [3.8, 4) is 0 Å². The number of sulfonamides is 1. The number of hydrogen-bond donors (Lipinski definition) is 1. The molecule has 1 aromatic carbocycles. The number of alkyl carbamates (subject to hydrolysis) is 1. The fourth-order valence-electron chi connectivity index (χ4n) is 5.27. The van der Waals surface area contributed by atoms with Gasteiger partial charge in [0.1, 0.15) is 11.2 Å². The van der Waals surface area contributed by atoms with Gasteiger partial charge in [-0.2, -0.15) is 4.31 Å². The zero-order chi connectivity index (χ0) is 26.5. The highest BCUT2D eigenvalue weighted by Crippen LogP contribution is 2.42. The van der Waals surface area contributed by atoms with Crippen molar-refractivity contribution >= 4 is 33.1 Å². The van der Waals surface area contributed by atoms with Crippen LogP contribution < -0.4 is 5.32 Å². The second-order valence-electron chi connectivity index (χ2n) is 11.8. The van der Waals surface area contributed by atoms with E-state index < -0.39 is 33.4 Å². The lowest BCUT2D eigenvalue weighted by molar-refractivity contribution is 0.0505. The lowest BCUT2D eigenvalue weighted by Gasteiger charge is -2.38. The average molecular weight is 520 g/mol. The number of benzene rings is 1. The number of piperidine rings is 1. The number of ether oxygens (including phenoxy) is 2. The molecule has 2 atom stereocenters. The molecule has 4 rings (SSSR count). The first-order valence-electron chi connectivity index (χ1n) is 12.5. The number of aromatic nitrogens is 1. The number of carbonyl (C=O) groups excluding carboxylic acids is 2. The van der Waals surface area contributed by atoms with E-state index in [0.717, 1.165) is 12.8 Å². The lowest BCUT2D eigenvalue weighted by Crippen LogP contribution is -2.49. The SMILES string of the molecule is CC(C)(C)OC(=O)NCC1CC2CCC(C1)N2S(=O)(=O)c1cc2ccccc2n1C(=O)OC(C)(C)C. The Labute approximate surface area is 213 Å². The number of rotatable bonds is 4. The number of nitrogens with one attached hydrogen (secondary N) is 1. The summed E-state index contributed by atoms with van der Waals surface area (Å²) in [5, 5.41) is 3.42. The minimum atomic E-state index is -3.99. The van der Waals surface area contributed by atoms with Crippen LogP contribution in [0.3, 0.4) is 0 Å². The second kappa shape index (κ2) is 9.37. The summed E-state index contributed by atoms with van der Waals surface area (Å²) < 4.78 is 41.8. The Morgan fingerprint density at radius 1 is 0.972 bits per heavy atom. The van der Waals surface area contributed by atoms with Crippen molar-refractivity contribution < 1.29 is 27.5 Å². The van der Waals surface area contributed by atoms with Gasteiger partial charge in [-0.25, -0.2) is 22.6 Å². The summed E-state index contributed by atoms with van der Waals surface area (Å²) in [6.07, 6.45) is 1.59. The molecule has 2 aliphatic heterocycles. The van der Waals surface area contributed by atoms with Crippen LogP contribution in [-0.2, 0) is 19.5 Å². The van der Waals surface area contributed by atoms with Gasteiger partial charge in [-0.3, -0.25) is 0 Å². The molecule has 3 heterocycles.